The van der Waals surface area contributed by atoms with Gasteiger partial charge < -0.3 is 5.32 Å². The molecule has 0 radical (unpaired) electrons. The van der Waals surface area contributed by atoms with E-state index in [4.69, 9.17) is 11.6 Å². The van der Waals surface area contributed by atoms with Crippen LogP contribution in [0, 0.1) is 19.7 Å². The van der Waals surface area contributed by atoms with Crippen molar-refractivity contribution in [1.29, 1.82) is 0 Å². The van der Waals surface area contributed by atoms with E-state index < -0.39 is 23.5 Å². The Morgan fingerprint density at radius 1 is 1.17 bits per heavy atom. The van der Waals surface area contributed by atoms with Gasteiger partial charge in [-0.1, -0.05) is 23.7 Å². The zero-order valence-corrected chi connectivity index (χ0v) is 16.2. The highest BCUT2D eigenvalue weighted by Crippen LogP contribution is 2.30. The molecule has 152 valence electrons. The average Bonchev–Trinajstić information content (AvgIpc) is 2.91. The largest absolute Gasteiger partial charge is 0.416 e. The standard InChI is InChI=1S/C20H16ClF4N3O/c1-11-18(26-19(29)13-5-3-6-14(9-13)20(23,24)25)12(2)28(27-11)10-15-16(21)7-4-8-17(15)22/h3-9H,10H2,1-2H3,(H,26,29). The van der Waals surface area contributed by atoms with Gasteiger partial charge in [-0.15, -0.1) is 0 Å². The van der Waals surface area contributed by atoms with Gasteiger partial charge in [0.15, 0.2) is 0 Å². The fraction of sp³-hybridized carbons (Fsp3) is 0.200. The SMILES string of the molecule is Cc1nn(Cc2c(F)cccc2Cl)c(C)c1NC(=O)c1cccc(C(F)(F)F)c1. The van der Waals surface area contributed by atoms with Gasteiger partial charge in [0.25, 0.3) is 5.91 Å². The number of nitrogens with zero attached hydrogens (tertiary/aromatic N) is 2. The molecule has 0 atom stereocenters. The van der Waals surface area contributed by atoms with Crippen LogP contribution in [0.4, 0.5) is 23.2 Å². The number of carbonyl (C=O) groups excluding carboxylic acids is 1. The second-order valence-corrected chi connectivity index (χ2v) is 6.84. The van der Waals surface area contributed by atoms with Crippen molar-refractivity contribution < 1.29 is 22.4 Å². The molecule has 0 bridgehead atoms. The first-order valence-electron chi connectivity index (χ1n) is 8.53. The normalized spacial score (nSPS) is 11.6. The number of benzene rings is 2. The summed E-state index contributed by atoms with van der Waals surface area (Å²) in [5.74, 6) is -1.19. The van der Waals surface area contributed by atoms with Gasteiger partial charge in [-0.2, -0.15) is 18.3 Å². The van der Waals surface area contributed by atoms with Crippen molar-refractivity contribution in [1.82, 2.24) is 9.78 Å². The summed E-state index contributed by atoms with van der Waals surface area (Å²) in [5.41, 5.74) is 0.500. The number of hydrogen-bond donors (Lipinski definition) is 1. The van der Waals surface area contributed by atoms with Crippen molar-refractivity contribution in [2.24, 2.45) is 0 Å². The van der Waals surface area contributed by atoms with Crippen LogP contribution in [0.1, 0.15) is 32.9 Å². The minimum Gasteiger partial charge on any atom is -0.319 e. The smallest absolute Gasteiger partial charge is 0.319 e. The molecule has 3 rings (SSSR count). The van der Waals surface area contributed by atoms with Crippen molar-refractivity contribution in [2.75, 3.05) is 5.32 Å². The molecule has 0 aliphatic carbocycles. The van der Waals surface area contributed by atoms with Crippen LogP contribution in [-0.4, -0.2) is 15.7 Å². The van der Waals surface area contributed by atoms with E-state index in [2.05, 4.69) is 10.4 Å². The lowest BCUT2D eigenvalue weighted by molar-refractivity contribution is -0.137. The molecule has 0 saturated heterocycles. The van der Waals surface area contributed by atoms with Crippen molar-refractivity contribution >= 4 is 23.2 Å². The third kappa shape index (κ3) is 4.42. The number of anilines is 1. The number of amides is 1. The molecule has 1 heterocycles. The third-order valence-corrected chi connectivity index (χ3v) is 4.80. The number of carbonyl (C=O) groups is 1. The molecular weight excluding hydrogens is 410 g/mol. The average molecular weight is 426 g/mol. The Bertz CT molecular complexity index is 1060. The van der Waals surface area contributed by atoms with E-state index >= 15 is 0 Å². The van der Waals surface area contributed by atoms with Crippen LogP contribution < -0.4 is 5.32 Å². The first kappa shape index (κ1) is 20.9. The second-order valence-electron chi connectivity index (χ2n) is 6.44. The fourth-order valence-corrected chi connectivity index (χ4v) is 3.11. The van der Waals surface area contributed by atoms with Crippen LogP contribution >= 0.6 is 11.6 Å². The zero-order valence-electron chi connectivity index (χ0n) is 15.4. The van der Waals surface area contributed by atoms with Crippen LogP contribution in [0.25, 0.3) is 0 Å². The maximum atomic E-state index is 14.1. The lowest BCUT2D eigenvalue weighted by atomic mass is 10.1. The summed E-state index contributed by atoms with van der Waals surface area (Å²) in [7, 11) is 0. The van der Waals surface area contributed by atoms with Gasteiger partial charge >= 0.3 is 6.18 Å². The lowest BCUT2D eigenvalue weighted by Gasteiger charge is -2.10. The number of aryl methyl sites for hydroxylation is 1. The Hall–Kier alpha value is -2.87. The molecule has 29 heavy (non-hydrogen) atoms. The van der Waals surface area contributed by atoms with E-state index in [-0.39, 0.29) is 22.7 Å². The molecule has 1 N–H and O–H groups in total. The van der Waals surface area contributed by atoms with E-state index in [1.54, 1.807) is 19.9 Å². The zero-order chi connectivity index (χ0) is 21.3. The molecule has 0 aliphatic rings. The molecule has 1 aromatic heterocycles. The minimum atomic E-state index is -4.55. The molecule has 0 saturated carbocycles. The summed E-state index contributed by atoms with van der Waals surface area (Å²) in [4.78, 5) is 12.5. The van der Waals surface area contributed by atoms with Gasteiger partial charge in [0.1, 0.15) is 5.82 Å². The molecule has 0 unspecified atom stereocenters. The molecule has 3 aromatic rings. The van der Waals surface area contributed by atoms with Gasteiger partial charge in [-0.3, -0.25) is 9.48 Å². The molecule has 0 fully saturated rings. The summed E-state index contributed by atoms with van der Waals surface area (Å²) in [6.45, 7) is 3.34. The molecule has 1 amide bonds. The highest BCUT2D eigenvalue weighted by molar-refractivity contribution is 6.31. The number of nitrogens with one attached hydrogen (secondary N) is 1. The molecule has 9 heteroatoms. The summed E-state index contributed by atoms with van der Waals surface area (Å²) < 4.78 is 54.2. The van der Waals surface area contributed by atoms with Gasteiger partial charge in [-0.25, -0.2) is 4.39 Å². The summed E-state index contributed by atoms with van der Waals surface area (Å²) in [6.07, 6.45) is -4.55. The van der Waals surface area contributed by atoms with Crippen molar-refractivity contribution in [3.8, 4) is 0 Å². The first-order valence-corrected chi connectivity index (χ1v) is 8.91. The van der Waals surface area contributed by atoms with Crippen LogP contribution in [-0.2, 0) is 12.7 Å². The Labute approximate surface area is 169 Å². The molecule has 4 nitrogen and oxygen atoms in total. The van der Waals surface area contributed by atoms with Crippen LogP contribution in [0.3, 0.4) is 0 Å². The fourth-order valence-electron chi connectivity index (χ4n) is 2.89. The molecule has 0 spiro atoms. The van der Waals surface area contributed by atoms with Crippen LogP contribution in [0.5, 0.6) is 0 Å². The number of aromatic nitrogens is 2. The minimum absolute atomic E-state index is 0.0393. The highest BCUT2D eigenvalue weighted by Gasteiger charge is 2.31. The van der Waals surface area contributed by atoms with E-state index in [0.29, 0.717) is 17.1 Å². The predicted molar refractivity (Wildman–Crippen MR) is 102 cm³/mol. The van der Waals surface area contributed by atoms with E-state index in [9.17, 15) is 22.4 Å². The van der Waals surface area contributed by atoms with Gasteiger partial charge in [-0.05, 0) is 44.2 Å². The maximum absolute atomic E-state index is 14.1. The van der Waals surface area contributed by atoms with Crippen molar-refractivity contribution in [2.45, 2.75) is 26.6 Å². The van der Waals surface area contributed by atoms with Gasteiger partial charge in [0, 0.05) is 16.1 Å². The third-order valence-electron chi connectivity index (χ3n) is 4.44. The predicted octanol–water partition coefficient (Wildman–Crippen LogP) is 5.61. The monoisotopic (exact) mass is 425 g/mol. The molecule has 0 aliphatic heterocycles. The Morgan fingerprint density at radius 3 is 2.52 bits per heavy atom. The van der Waals surface area contributed by atoms with Gasteiger partial charge in [0.05, 0.1) is 29.2 Å². The number of halogens is 5. The lowest BCUT2D eigenvalue weighted by Crippen LogP contribution is -2.15. The van der Waals surface area contributed by atoms with Crippen LogP contribution in [0.2, 0.25) is 5.02 Å². The molecule has 2 aromatic carbocycles. The molecular formula is C20H16ClF4N3O. The van der Waals surface area contributed by atoms with Crippen molar-refractivity contribution in [3.05, 3.63) is 81.4 Å². The van der Waals surface area contributed by atoms with Gasteiger partial charge in [0.2, 0.25) is 0 Å². The Balaban J connectivity index is 1.87. The summed E-state index contributed by atoms with van der Waals surface area (Å²) in [6, 6.07) is 8.46. The van der Waals surface area contributed by atoms with Crippen LogP contribution in [0.15, 0.2) is 42.5 Å². The number of alkyl halides is 3. The highest BCUT2D eigenvalue weighted by atomic mass is 35.5. The quantitative estimate of drug-likeness (QED) is 0.552. The van der Waals surface area contributed by atoms with Crippen molar-refractivity contribution in [3.63, 3.8) is 0 Å². The summed E-state index contributed by atoms with van der Waals surface area (Å²) >= 11 is 6.05. The Morgan fingerprint density at radius 2 is 1.86 bits per heavy atom. The van der Waals surface area contributed by atoms with E-state index in [1.807, 2.05) is 0 Å². The second kappa shape index (κ2) is 7.87. The summed E-state index contributed by atoms with van der Waals surface area (Å²) in [5, 5.41) is 7.12. The van der Waals surface area contributed by atoms with E-state index in [1.165, 1.54) is 28.9 Å². The van der Waals surface area contributed by atoms with E-state index in [0.717, 1.165) is 12.1 Å². The number of rotatable bonds is 4. The maximum Gasteiger partial charge on any atom is 0.416 e. The topological polar surface area (TPSA) is 46.9 Å². The number of hydrogen-bond acceptors (Lipinski definition) is 2. The Kier molecular flexibility index (Phi) is 5.66. The first-order chi connectivity index (χ1) is 13.6.